The second-order valence-electron chi connectivity index (χ2n) is 5.52. The molecule has 0 radical (unpaired) electrons. The van der Waals surface area contributed by atoms with Crippen molar-refractivity contribution in [1.82, 2.24) is 14.9 Å². The minimum Gasteiger partial charge on any atom is -0.497 e. The number of ether oxygens (including phenoxy) is 1. The molecule has 2 aromatic rings. The van der Waals surface area contributed by atoms with Gasteiger partial charge in [0, 0.05) is 30.9 Å². The number of aryl methyl sites for hydroxylation is 1. The Balaban J connectivity index is 1.59. The maximum atomic E-state index is 5.19. The van der Waals surface area contributed by atoms with Gasteiger partial charge in [-0.1, -0.05) is 12.1 Å². The number of hydrogen-bond acceptors (Lipinski definition) is 3. The van der Waals surface area contributed by atoms with E-state index in [4.69, 9.17) is 4.74 Å². The molecule has 4 nitrogen and oxygen atoms in total. The number of nitrogens with one attached hydrogen (secondary N) is 1. The molecule has 0 bridgehead atoms. The lowest BCUT2D eigenvalue weighted by Crippen LogP contribution is -2.19. The zero-order chi connectivity index (χ0) is 13.9. The van der Waals surface area contributed by atoms with Crippen molar-refractivity contribution in [3.8, 4) is 5.75 Å². The zero-order valence-corrected chi connectivity index (χ0v) is 12.1. The summed E-state index contributed by atoms with van der Waals surface area (Å²) in [6.07, 6.45) is 3.10. The number of rotatable bonds is 4. The van der Waals surface area contributed by atoms with E-state index in [0.29, 0.717) is 5.92 Å². The fourth-order valence-electron chi connectivity index (χ4n) is 2.83. The molecule has 1 atom stereocenters. The summed E-state index contributed by atoms with van der Waals surface area (Å²) in [6, 6.07) is 8.34. The standard InChI is InChI=1S/C16H21N3O/c1-12-9-17-16(18-12)14-7-8-19(11-14)10-13-3-5-15(20-2)6-4-13/h3-6,9,14H,7-8,10-11H2,1-2H3,(H,17,18)/t14-/m1/s1. The van der Waals surface area contributed by atoms with Crippen LogP contribution in [0.4, 0.5) is 0 Å². The van der Waals surface area contributed by atoms with Crippen molar-refractivity contribution in [3.05, 3.63) is 47.5 Å². The molecule has 1 aliphatic heterocycles. The van der Waals surface area contributed by atoms with E-state index in [-0.39, 0.29) is 0 Å². The van der Waals surface area contributed by atoms with E-state index in [1.54, 1.807) is 7.11 Å². The molecule has 1 aromatic carbocycles. The largest absolute Gasteiger partial charge is 0.497 e. The Labute approximate surface area is 119 Å². The normalized spacial score (nSPS) is 19.4. The minimum atomic E-state index is 0.543. The molecular formula is C16H21N3O. The van der Waals surface area contributed by atoms with Crippen LogP contribution in [0.15, 0.2) is 30.5 Å². The molecule has 1 N–H and O–H groups in total. The van der Waals surface area contributed by atoms with E-state index in [2.05, 4.69) is 33.9 Å². The third-order valence-corrected chi connectivity index (χ3v) is 3.95. The smallest absolute Gasteiger partial charge is 0.118 e. The Morgan fingerprint density at radius 3 is 2.80 bits per heavy atom. The van der Waals surface area contributed by atoms with Crippen LogP contribution in [0, 0.1) is 6.92 Å². The third kappa shape index (κ3) is 2.85. The van der Waals surface area contributed by atoms with Crippen molar-refractivity contribution in [3.63, 3.8) is 0 Å². The van der Waals surface area contributed by atoms with Gasteiger partial charge in [-0.25, -0.2) is 4.98 Å². The van der Waals surface area contributed by atoms with E-state index in [1.807, 2.05) is 18.3 Å². The van der Waals surface area contributed by atoms with Gasteiger partial charge in [-0.15, -0.1) is 0 Å². The van der Waals surface area contributed by atoms with Crippen molar-refractivity contribution >= 4 is 0 Å². The summed E-state index contributed by atoms with van der Waals surface area (Å²) < 4.78 is 5.19. The maximum Gasteiger partial charge on any atom is 0.118 e. The van der Waals surface area contributed by atoms with Crippen molar-refractivity contribution in [2.24, 2.45) is 0 Å². The van der Waals surface area contributed by atoms with Crippen molar-refractivity contribution < 1.29 is 4.74 Å². The fraction of sp³-hybridized carbons (Fsp3) is 0.438. The number of likely N-dealkylation sites (tertiary alicyclic amines) is 1. The highest BCUT2D eigenvalue weighted by molar-refractivity contribution is 5.27. The summed E-state index contributed by atoms with van der Waals surface area (Å²) >= 11 is 0. The first kappa shape index (κ1) is 13.2. The van der Waals surface area contributed by atoms with Crippen LogP contribution in [0.1, 0.15) is 29.4 Å². The molecule has 106 valence electrons. The van der Waals surface area contributed by atoms with E-state index in [1.165, 1.54) is 12.0 Å². The van der Waals surface area contributed by atoms with Crippen LogP contribution in [-0.4, -0.2) is 35.1 Å². The molecule has 0 unspecified atom stereocenters. The number of aromatic amines is 1. The molecular weight excluding hydrogens is 250 g/mol. The van der Waals surface area contributed by atoms with Gasteiger partial charge in [0.1, 0.15) is 11.6 Å². The number of imidazole rings is 1. The lowest BCUT2D eigenvalue weighted by Gasteiger charge is -2.15. The van der Waals surface area contributed by atoms with Crippen LogP contribution in [0.5, 0.6) is 5.75 Å². The Morgan fingerprint density at radius 1 is 1.35 bits per heavy atom. The molecule has 1 aromatic heterocycles. The maximum absolute atomic E-state index is 5.19. The Kier molecular flexibility index (Phi) is 3.74. The van der Waals surface area contributed by atoms with Crippen LogP contribution in [0.2, 0.25) is 0 Å². The fourth-order valence-corrected chi connectivity index (χ4v) is 2.83. The Bertz CT molecular complexity index is 561. The molecule has 0 saturated carbocycles. The van der Waals surface area contributed by atoms with Gasteiger partial charge in [0.2, 0.25) is 0 Å². The van der Waals surface area contributed by atoms with Crippen molar-refractivity contribution in [2.45, 2.75) is 25.8 Å². The predicted molar refractivity (Wildman–Crippen MR) is 79.0 cm³/mol. The molecule has 0 spiro atoms. The van der Waals surface area contributed by atoms with Gasteiger partial charge in [-0.2, -0.15) is 0 Å². The third-order valence-electron chi connectivity index (χ3n) is 3.95. The van der Waals surface area contributed by atoms with Crippen molar-refractivity contribution in [1.29, 1.82) is 0 Å². The van der Waals surface area contributed by atoms with E-state index < -0.39 is 0 Å². The predicted octanol–water partition coefficient (Wildman–Crippen LogP) is 2.72. The molecule has 2 heterocycles. The number of methoxy groups -OCH3 is 1. The molecule has 1 saturated heterocycles. The van der Waals surface area contributed by atoms with Crippen LogP contribution >= 0.6 is 0 Å². The number of nitrogens with zero attached hydrogens (tertiary/aromatic N) is 2. The first-order valence-electron chi connectivity index (χ1n) is 7.11. The average molecular weight is 271 g/mol. The second-order valence-corrected chi connectivity index (χ2v) is 5.52. The summed E-state index contributed by atoms with van der Waals surface area (Å²) in [4.78, 5) is 10.3. The van der Waals surface area contributed by atoms with Gasteiger partial charge < -0.3 is 9.72 Å². The number of aromatic nitrogens is 2. The monoisotopic (exact) mass is 271 g/mol. The minimum absolute atomic E-state index is 0.543. The summed E-state index contributed by atoms with van der Waals surface area (Å²) in [5, 5.41) is 0. The first-order valence-corrected chi connectivity index (χ1v) is 7.11. The summed E-state index contributed by atoms with van der Waals surface area (Å²) in [7, 11) is 1.70. The lowest BCUT2D eigenvalue weighted by atomic mass is 10.1. The summed E-state index contributed by atoms with van der Waals surface area (Å²) in [5.74, 6) is 2.60. The first-order chi connectivity index (χ1) is 9.74. The average Bonchev–Trinajstić information content (AvgIpc) is 3.09. The Morgan fingerprint density at radius 2 is 2.15 bits per heavy atom. The van der Waals surface area contributed by atoms with Gasteiger partial charge in [0.05, 0.1) is 7.11 Å². The van der Waals surface area contributed by atoms with Gasteiger partial charge in [0.25, 0.3) is 0 Å². The summed E-state index contributed by atoms with van der Waals surface area (Å²) in [6.45, 7) is 5.27. The zero-order valence-electron chi connectivity index (χ0n) is 12.1. The highest BCUT2D eigenvalue weighted by Gasteiger charge is 2.25. The van der Waals surface area contributed by atoms with E-state index in [0.717, 1.165) is 36.9 Å². The number of H-pyrrole nitrogens is 1. The van der Waals surface area contributed by atoms with E-state index in [9.17, 15) is 0 Å². The van der Waals surface area contributed by atoms with Crippen LogP contribution in [0.3, 0.4) is 0 Å². The van der Waals surface area contributed by atoms with Crippen LogP contribution in [-0.2, 0) is 6.54 Å². The topological polar surface area (TPSA) is 41.1 Å². The molecule has 4 heteroatoms. The van der Waals surface area contributed by atoms with Crippen LogP contribution < -0.4 is 4.74 Å². The van der Waals surface area contributed by atoms with Gasteiger partial charge >= 0.3 is 0 Å². The number of benzene rings is 1. The quantitative estimate of drug-likeness (QED) is 0.929. The SMILES string of the molecule is COc1ccc(CN2CC[C@@H](c3ncc(C)[nH]3)C2)cc1. The molecule has 1 fully saturated rings. The molecule has 0 aliphatic carbocycles. The molecule has 1 aliphatic rings. The van der Waals surface area contributed by atoms with Crippen molar-refractivity contribution in [2.75, 3.05) is 20.2 Å². The highest BCUT2D eigenvalue weighted by atomic mass is 16.5. The second kappa shape index (κ2) is 5.67. The van der Waals surface area contributed by atoms with E-state index >= 15 is 0 Å². The molecule has 20 heavy (non-hydrogen) atoms. The van der Waals surface area contributed by atoms with Crippen LogP contribution in [0.25, 0.3) is 0 Å². The van der Waals surface area contributed by atoms with Gasteiger partial charge in [-0.05, 0) is 37.6 Å². The van der Waals surface area contributed by atoms with Gasteiger partial charge in [-0.3, -0.25) is 4.90 Å². The summed E-state index contributed by atoms with van der Waals surface area (Å²) in [5.41, 5.74) is 2.48. The highest BCUT2D eigenvalue weighted by Crippen LogP contribution is 2.26. The van der Waals surface area contributed by atoms with Gasteiger partial charge in [0.15, 0.2) is 0 Å². The molecule has 0 amide bonds. The molecule has 3 rings (SSSR count). The number of hydrogen-bond donors (Lipinski definition) is 1. The Hall–Kier alpha value is -1.81. The lowest BCUT2D eigenvalue weighted by molar-refractivity contribution is 0.325.